The molecule has 0 saturated carbocycles. The number of amides is 1. The maximum atomic E-state index is 13.5. The molecule has 0 radical (unpaired) electrons. The Kier molecular flexibility index (Phi) is 5.76. The number of hydrogen-bond donors (Lipinski definition) is 2. The number of nitrogens with one attached hydrogen (secondary N) is 2. The second-order valence-corrected chi connectivity index (χ2v) is 8.39. The smallest absolute Gasteiger partial charge is 0.269 e. The zero-order valence-corrected chi connectivity index (χ0v) is 19.2. The van der Waals surface area contributed by atoms with Gasteiger partial charge in [-0.25, -0.2) is 4.68 Å². The Labute approximate surface area is 205 Å². The molecule has 2 heterocycles. The fourth-order valence-electron chi connectivity index (χ4n) is 4.00. The maximum Gasteiger partial charge on any atom is 0.269 e. The number of hydrogen-bond acceptors (Lipinski definition) is 6. The lowest BCUT2D eigenvalue weighted by Gasteiger charge is -2.28. The van der Waals surface area contributed by atoms with Crippen molar-refractivity contribution in [3.63, 3.8) is 0 Å². The van der Waals surface area contributed by atoms with Crippen molar-refractivity contribution in [3.8, 4) is 11.4 Å². The number of allylic oxidation sites excluding steroid dienone is 1. The SMILES string of the molecule is CC1=C(C(=O)Nc2ccccc2)C(c2cccc([N+](=O)[O-])c2)n2nc(-c3ccc(Cl)cc3)nc2N1. The van der Waals surface area contributed by atoms with Gasteiger partial charge in [-0.15, -0.1) is 5.10 Å². The van der Waals surface area contributed by atoms with E-state index in [4.69, 9.17) is 11.6 Å². The van der Waals surface area contributed by atoms with Gasteiger partial charge in [-0.3, -0.25) is 14.9 Å². The minimum atomic E-state index is -0.747. The van der Waals surface area contributed by atoms with Crippen molar-refractivity contribution in [1.82, 2.24) is 14.8 Å². The van der Waals surface area contributed by atoms with Gasteiger partial charge in [0, 0.05) is 34.1 Å². The standard InChI is InChI=1S/C25H19ClN6O3/c1-15-21(24(33)28-19-7-3-2-4-8-19)22(17-6-5-9-20(14-17)32(34)35)31-25(27-15)29-23(30-31)16-10-12-18(26)13-11-16/h2-14,22H,1H3,(H,28,33)(H,27,29,30). The summed E-state index contributed by atoms with van der Waals surface area (Å²) in [4.78, 5) is 29.1. The topological polar surface area (TPSA) is 115 Å². The molecule has 1 unspecified atom stereocenters. The Bertz CT molecular complexity index is 1460. The van der Waals surface area contributed by atoms with E-state index < -0.39 is 11.0 Å². The lowest BCUT2D eigenvalue weighted by atomic mass is 9.94. The van der Waals surface area contributed by atoms with Crippen molar-refractivity contribution in [1.29, 1.82) is 0 Å². The van der Waals surface area contributed by atoms with Gasteiger partial charge in [-0.05, 0) is 48.9 Å². The third-order valence-corrected chi connectivity index (χ3v) is 5.88. The van der Waals surface area contributed by atoms with Crippen LogP contribution in [0.1, 0.15) is 18.5 Å². The third kappa shape index (κ3) is 4.36. The average molecular weight is 487 g/mol. The summed E-state index contributed by atoms with van der Waals surface area (Å²) in [5.41, 5.74) is 2.76. The van der Waals surface area contributed by atoms with Crippen LogP contribution in [-0.2, 0) is 4.79 Å². The first-order chi connectivity index (χ1) is 16.9. The number of fused-ring (bicyclic) bond motifs is 1. The lowest BCUT2D eigenvalue weighted by Crippen LogP contribution is -2.31. The zero-order valence-electron chi connectivity index (χ0n) is 18.5. The number of non-ortho nitro benzene ring substituents is 1. The van der Waals surface area contributed by atoms with Crippen molar-refractivity contribution in [2.24, 2.45) is 0 Å². The molecule has 1 amide bonds. The minimum absolute atomic E-state index is 0.0823. The molecule has 0 fully saturated rings. The molecule has 10 heteroatoms. The predicted octanol–water partition coefficient (Wildman–Crippen LogP) is 5.43. The van der Waals surface area contributed by atoms with E-state index in [1.807, 2.05) is 18.2 Å². The molecule has 174 valence electrons. The monoisotopic (exact) mass is 486 g/mol. The molecule has 0 aliphatic carbocycles. The highest BCUT2D eigenvalue weighted by molar-refractivity contribution is 6.30. The molecule has 2 N–H and O–H groups in total. The van der Waals surface area contributed by atoms with E-state index in [9.17, 15) is 14.9 Å². The van der Waals surface area contributed by atoms with Crippen LogP contribution in [0.2, 0.25) is 5.02 Å². The molecule has 1 aliphatic heterocycles. The van der Waals surface area contributed by atoms with Crippen LogP contribution in [-0.4, -0.2) is 25.6 Å². The minimum Gasteiger partial charge on any atom is -0.328 e. The van der Waals surface area contributed by atoms with Crippen LogP contribution in [0.3, 0.4) is 0 Å². The molecule has 0 saturated heterocycles. The summed E-state index contributed by atoms with van der Waals surface area (Å²) in [6.45, 7) is 1.77. The second-order valence-electron chi connectivity index (χ2n) is 7.95. The summed E-state index contributed by atoms with van der Waals surface area (Å²) in [5.74, 6) is 0.490. The Balaban J connectivity index is 1.63. The zero-order chi connectivity index (χ0) is 24.5. The summed E-state index contributed by atoms with van der Waals surface area (Å²) in [5, 5.41) is 22.8. The van der Waals surface area contributed by atoms with E-state index in [1.165, 1.54) is 12.1 Å². The molecule has 4 aromatic rings. The van der Waals surface area contributed by atoms with E-state index >= 15 is 0 Å². The van der Waals surface area contributed by atoms with Crippen LogP contribution in [0.15, 0.2) is 90.1 Å². The number of anilines is 2. The molecular weight excluding hydrogens is 468 g/mol. The number of aromatic nitrogens is 3. The largest absolute Gasteiger partial charge is 0.328 e. The molecule has 5 rings (SSSR count). The van der Waals surface area contributed by atoms with E-state index in [0.717, 1.165) is 5.56 Å². The van der Waals surface area contributed by atoms with Crippen LogP contribution < -0.4 is 10.6 Å². The number of nitro benzene ring substituents is 1. The molecule has 0 bridgehead atoms. The fourth-order valence-corrected chi connectivity index (χ4v) is 4.13. The van der Waals surface area contributed by atoms with Crippen LogP contribution in [0.25, 0.3) is 11.4 Å². The molecule has 1 aromatic heterocycles. The summed E-state index contributed by atoms with van der Waals surface area (Å²) in [6.07, 6.45) is 0. The highest BCUT2D eigenvalue weighted by Gasteiger charge is 2.35. The molecule has 0 spiro atoms. The van der Waals surface area contributed by atoms with E-state index in [0.29, 0.717) is 39.3 Å². The normalized spacial score (nSPS) is 14.7. The molecule has 3 aromatic carbocycles. The molecule has 1 aliphatic rings. The summed E-state index contributed by atoms with van der Waals surface area (Å²) < 4.78 is 1.58. The quantitative estimate of drug-likeness (QED) is 0.287. The molecule has 9 nitrogen and oxygen atoms in total. The number of carbonyl (C=O) groups is 1. The number of nitrogens with zero attached hydrogens (tertiary/aromatic N) is 4. The van der Waals surface area contributed by atoms with Crippen molar-refractivity contribution < 1.29 is 9.72 Å². The number of benzene rings is 3. The Morgan fingerprint density at radius 1 is 1.09 bits per heavy atom. The van der Waals surface area contributed by atoms with E-state index in [-0.39, 0.29) is 11.6 Å². The number of carbonyl (C=O) groups excluding carboxylic acids is 1. The van der Waals surface area contributed by atoms with Crippen LogP contribution >= 0.6 is 11.6 Å². The van der Waals surface area contributed by atoms with Crippen LogP contribution in [0.4, 0.5) is 17.3 Å². The van der Waals surface area contributed by atoms with Crippen LogP contribution in [0.5, 0.6) is 0 Å². The molecule has 1 atom stereocenters. The summed E-state index contributed by atoms with van der Waals surface area (Å²) in [7, 11) is 0. The molecule has 35 heavy (non-hydrogen) atoms. The Morgan fingerprint density at radius 2 is 1.83 bits per heavy atom. The van der Waals surface area contributed by atoms with Gasteiger partial charge in [0.1, 0.15) is 6.04 Å². The predicted molar refractivity (Wildman–Crippen MR) is 133 cm³/mol. The van der Waals surface area contributed by atoms with Gasteiger partial charge in [0.25, 0.3) is 11.6 Å². The number of halogens is 1. The van der Waals surface area contributed by atoms with Gasteiger partial charge >= 0.3 is 0 Å². The van der Waals surface area contributed by atoms with Crippen molar-refractivity contribution in [3.05, 3.63) is 111 Å². The van der Waals surface area contributed by atoms with Gasteiger partial charge in [-0.2, -0.15) is 4.98 Å². The first-order valence-electron chi connectivity index (χ1n) is 10.7. The van der Waals surface area contributed by atoms with Crippen molar-refractivity contribution in [2.75, 3.05) is 10.6 Å². The number of rotatable bonds is 5. The van der Waals surface area contributed by atoms with Gasteiger partial charge in [-0.1, -0.05) is 41.9 Å². The first-order valence-corrected chi connectivity index (χ1v) is 11.1. The second kappa shape index (κ2) is 9.03. The lowest BCUT2D eigenvalue weighted by molar-refractivity contribution is -0.384. The Hall–Kier alpha value is -4.50. The highest BCUT2D eigenvalue weighted by atomic mass is 35.5. The van der Waals surface area contributed by atoms with Crippen molar-refractivity contribution in [2.45, 2.75) is 13.0 Å². The number of nitro groups is 1. The van der Waals surface area contributed by atoms with Gasteiger partial charge in [0.2, 0.25) is 5.95 Å². The fraction of sp³-hybridized carbons (Fsp3) is 0.0800. The average Bonchev–Trinajstić information content (AvgIpc) is 3.27. The third-order valence-electron chi connectivity index (χ3n) is 5.63. The number of para-hydroxylation sites is 1. The van der Waals surface area contributed by atoms with Gasteiger partial charge in [0.15, 0.2) is 5.82 Å². The van der Waals surface area contributed by atoms with Gasteiger partial charge < -0.3 is 10.6 Å². The van der Waals surface area contributed by atoms with Crippen molar-refractivity contribution >= 4 is 34.8 Å². The van der Waals surface area contributed by atoms with E-state index in [1.54, 1.807) is 60.1 Å². The maximum absolute atomic E-state index is 13.5. The highest BCUT2D eigenvalue weighted by Crippen LogP contribution is 2.37. The van der Waals surface area contributed by atoms with E-state index in [2.05, 4.69) is 20.7 Å². The van der Waals surface area contributed by atoms with Crippen LogP contribution in [0, 0.1) is 10.1 Å². The summed E-state index contributed by atoms with van der Waals surface area (Å²) >= 11 is 6.02. The summed E-state index contributed by atoms with van der Waals surface area (Å²) in [6, 6.07) is 21.6. The van der Waals surface area contributed by atoms with Gasteiger partial charge in [0.05, 0.1) is 10.5 Å². The first kappa shape index (κ1) is 22.3. The molecular formula is C25H19ClN6O3. The Morgan fingerprint density at radius 3 is 2.54 bits per heavy atom.